The van der Waals surface area contributed by atoms with E-state index in [0.717, 1.165) is 31.2 Å². The quantitative estimate of drug-likeness (QED) is 0.190. The van der Waals surface area contributed by atoms with Crippen LogP contribution >= 0.6 is 0 Å². The van der Waals surface area contributed by atoms with E-state index in [1.807, 2.05) is 51.1 Å². The lowest BCUT2D eigenvalue weighted by Crippen LogP contribution is -2.52. The number of rotatable bonds is 17. The highest BCUT2D eigenvalue weighted by molar-refractivity contribution is 5.92. The first-order chi connectivity index (χ1) is 18.4. The van der Waals surface area contributed by atoms with Gasteiger partial charge in [-0.25, -0.2) is 0 Å². The summed E-state index contributed by atoms with van der Waals surface area (Å²) in [6.07, 6.45) is 4.52. The average Bonchev–Trinajstić information content (AvgIpc) is 2.87. The lowest BCUT2D eigenvalue weighted by molar-refractivity contribution is -0.131. The number of nitrogens with one attached hydrogen (secondary N) is 5. The summed E-state index contributed by atoms with van der Waals surface area (Å²) >= 11 is 0. The fraction of sp³-hybridized carbons (Fsp3) is 0.621. The number of carbonyl (C=O) groups excluding carboxylic acids is 5. The van der Waals surface area contributed by atoms with E-state index in [1.165, 1.54) is 0 Å². The molecule has 1 aromatic rings. The molecule has 10 heteroatoms. The van der Waals surface area contributed by atoms with Gasteiger partial charge in [0.25, 0.3) is 0 Å². The summed E-state index contributed by atoms with van der Waals surface area (Å²) in [6.45, 7) is 9.96. The third kappa shape index (κ3) is 17.7. The van der Waals surface area contributed by atoms with Crippen molar-refractivity contribution in [2.75, 3.05) is 26.2 Å². The first kappa shape index (κ1) is 33.6. The molecule has 1 atom stereocenters. The number of amides is 5. The van der Waals surface area contributed by atoms with Gasteiger partial charge in [-0.05, 0) is 23.3 Å². The molecule has 0 aromatic heterocycles. The lowest BCUT2D eigenvalue weighted by atomic mass is 9.97. The van der Waals surface area contributed by atoms with Crippen molar-refractivity contribution in [2.45, 2.75) is 79.2 Å². The largest absolute Gasteiger partial charge is 0.354 e. The zero-order chi connectivity index (χ0) is 29.3. The molecule has 1 unspecified atom stereocenters. The van der Waals surface area contributed by atoms with E-state index in [0.29, 0.717) is 18.9 Å². The number of benzene rings is 1. The number of hydrogen-bond donors (Lipinski definition) is 5. The molecule has 0 saturated heterocycles. The monoisotopic (exact) mass is 545 g/mol. The third-order valence-electron chi connectivity index (χ3n) is 5.75. The van der Waals surface area contributed by atoms with Crippen LogP contribution in [0.2, 0.25) is 0 Å². The summed E-state index contributed by atoms with van der Waals surface area (Å²) < 4.78 is 0. The highest BCUT2D eigenvalue weighted by atomic mass is 16.2. The Labute approximate surface area is 232 Å². The summed E-state index contributed by atoms with van der Waals surface area (Å²) in [5, 5.41) is 13.0. The van der Waals surface area contributed by atoms with Gasteiger partial charge in [0.05, 0.1) is 19.6 Å². The van der Waals surface area contributed by atoms with Crippen molar-refractivity contribution in [2.24, 2.45) is 11.3 Å². The highest BCUT2D eigenvalue weighted by Crippen LogP contribution is 2.10. The highest BCUT2D eigenvalue weighted by Gasteiger charge is 2.22. The van der Waals surface area contributed by atoms with Crippen LogP contribution in [-0.4, -0.2) is 61.8 Å². The Kier molecular flexibility index (Phi) is 15.5. The van der Waals surface area contributed by atoms with Crippen molar-refractivity contribution in [3.8, 4) is 0 Å². The predicted molar refractivity (Wildman–Crippen MR) is 151 cm³/mol. The summed E-state index contributed by atoms with van der Waals surface area (Å²) in [7, 11) is 0. The molecule has 0 aliphatic carbocycles. The summed E-state index contributed by atoms with van der Waals surface area (Å²) in [5.41, 5.74) is 0.732. The Morgan fingerprint density at radius 1 is 0.718 bits per heavy atom. The van der Waals surface area contributed by atoms with Crippen LogP contribution in [0.5, 0.6) is 0 Å². The molecule has 0 heterocycles. The minimum atomic E-state index is -0.942. The molecule has 0 aliphatic rings. The minimum Gasteiger partial charge on any atom is -0.354 e. The van der Waals surface area contributed by atoms with Gasteiger partial charge in [-0.1, -0.05) is 84.2 Å². The van der Waals surface area contributed by atoms with Crippen molar-refractivity contribution in [3.05, 3.63) is 35.9 Å². The SMILES string of the molecule is CC(C)CCCCCC(=O)NCC(=O)NCC(=O)NC(Cc1ccccc1)C(=O)NCC(=O)NCC(C)(C)C. The zero-order valence-corrected chi connectivity index (χ0v) is 24.2. The average molecular weight is 546 g/mol. The van der Waals surface area contributed by atoms with Crippen LogP contribution in [0.15, 0.2) is 30.3 Å². The van der Waals surface area contributed by atoms with E-state index >= 15 is 0 Å². The molecule has 0 spiro atoms. The Balaban J connectivity index is 2.49. The standard InChI is InChI=1S/C29H47N5O5/c1-21(2)12-8-6-11-15-24(35)30-17-25(36)31-19-27(38)34-23(16-22-13-9-7-10-14-22)28(39)32-18-26(37)33-20-29(3,4)5/h7,9-10,13-14,21,23H,6,8,11-12,15-20H2,1-5H3,(H,30,35)(H,31,36)(H,32,39)(H,33,37)(H,34,38). The van der Waals surface area contributed by atoms with Gasteiger partial charge in [0, 0.05) is 19.4 Å². The van der Waals surface area contributed by atoms with Gasteiger partial charge in [0.1, 0.15) is 6.04 Å². The topological polar surface area (TPSA) is 146 Å². The molecule has 39 heavy (non-hydrogen) atoms. The normalized spacial score (nSPS) is 11.8. The molecule has 5 N–H and O–H groups in total. The summed E-state index contributed by atoms with van der Waals surface area (Å²) in [4.78, 5) is 61.5. The van der Waals surface area contributed by atoms with Crippen molar-refractivity contribution in [1.82, 2.24) is 26.6 Å². The molecule has 0 aliphatic heterocycles. The van der Waals surface area contributed by atoms with Gasteiger partial charge < -0.3 is 26.6 Å². The second-order valence-corrected chi connectivity index (χ2v) is 11.4. The van der Waals surface area contributed by atoms with Crippen LogP contribution in [0.4, 0.5) is 0 Å². The van der Waals surface area contributed by atoms with Gasteiger partial charge in [-0.3, -0.25) is 24.0 Å². The van der Waals surface area contributed by atoms with E-state index in [-0.39, 0.29) is 43.3 Å². The van der Waals surface area contributed by atoms with E-state index in [9.17, 15) is 24.0 Å². The summed E-state index contributed by atoms with van der Waals surface area (Å²) in [6, 6.07) is 8.22. The van der Waals surface area contributed by atoms with Crippen molar-refractivity contribution >= 4 is 29.5 Å². The molecule has 0 fully saturated rings. The molecule has 10 nitrogen and oxygen atoms in total. The fourth-order valence-corrected chi connectivity index (χ4v) is 3.54. The van der Waals surface area contributed by atoms with Crippen LogP contribution in [-0.2, 0) is 30.4 Å². The Morgan fingerprint density at radius 3 is 1.95 bits per heavy atom. The van der Waals surface area contributed by atoms with Crippen molar-refractivity contribution < 1.29 is 24.0 Å². The Hall–Kier alpha value is -3.43. The number of unbranched alkanes of at least 4 members (excludes halogenated alkanes) is 2. The maximum atomic E-state index is 12.8. The first-order valence-electron chi connectivity index (χ1n) is 13.8. The Morgan fingerprint density at radius 2 is 1.31 bits per heavy atom. The van der Waals surface area contributed by atoms with Crippen LogP contribution in [0.3, 0.4) is 0 Å². The molecular weight excluding hydrogens is 498 g/mol. The van der Waals surface area contributed by atoms with Crippen LogP contribution < -0.4 is 26.6 Å². The lowest BCUT2D eigenvalue weighted by Gasteiger charge is -2.20. The zero-order valence-electron chi connectivity index (χ0n) is 24.2. The van der Waals surface area contributed by atoms with E-state index in [2.05, 4.69) is 40.4 Å². The second-order valence-electron chi connectivity index (χ2n) is 11.4. The number of carbonyl (C=O) groups is 5. The van der Waals surface area contributed by atoms with Gasteiger partial charge in [-0.15, -0.1) is 0 Å². The molecule has 0 saturated carbocycles. The third-order valence-corrected chi connectivity index (χ3v) is 5.75. The molecule has 0 radical (unpaired) electrons. The molecule has 218 valence electrons. The fourth-order valence-electron chi connectivity index (χ4n) is 3.54. The molecule has 1 aromatic carbocycles. The van der Waals surface area contributed by atoms with Crippen LogP contribution in [0, 0.1) is 11.3 Å². The van der Waals surface area contributed by atoms with Crippen molar-refractivity contribution in [3.63, 3.8) is 0 Å². The van der Waals surface area contributed by atoms with Gasteiger partial charge in [0.15, 0.2) is 0 Å². The minimum absolute atomic E-state index is 0.0934. The van der Waals surface area contributed by atoms with Crippen LogP contribution in [0.1, 0.15) is 72.3 Å². The van der Waals surface area contributed by atoms with E-state index in [1.54, 1.807) is 0 Å². The first-order valence-corrected chi connectivity index (χ1v) is 13.8. The molecule has 5 amide bonds. The maximum Gasteiger partial charge on any atom is 0.243 e. The molecular formula is C29H47N5O5. The van der Waals surface area contributed by atoms with Gasteiger partial charge in [-0.2, -0.15) is 0 Å². The van der Waals surface area contributed by atoms with Gasteiger partial charge >= 0.3 is 0 Å². The molecule has 0 bridgehead atoms. The van der Waals surface area contributed by atoms with Crippen LogP contribution in [0.25, 0.3) is 0 Å². The predicted octanol–water partition coefficient (Wildman–Crippen LogP) is 1.83. The second kappa shape index (κ2) is 18.0. The smallest absolute Gasteiger partial charge is 0.243 e. The van der Waals surface area contributed by atoms with Crippen molar-refractivity contribution in [1.29, 1.82) is 0 Å². The maximum absolute atomic E-state index is 12.8. The number of hydrogen-bond acceptors (Lipinski definition) is 5. The van der Waals surface area contributed by atoms with E-state index in [4.69, 9.17) is 0 Å². The molecule has 1 rings (SSSR count). The Bertz CT molecular complexity index is 928. The van der Waals surface area contributed by atoms with Gasteiger partial charge in [0.2, 0.25) is 29.5 Å². The van der Waals surface area contributed by atoms with E-state index < -0.39 is 23.8 Å². The summed E-state index contributed by atoms with van der Waals surface area (Å²) in [5.74, 6) is -1.46.